The number of piperidine rings is 1. The molecule has 0 spiro atoms. The van der Waals surface area contributed by atoms with Gasteiger partial charge in [0.2, 0.25) is 0 Å². The van der Waals surface area contributed by atoms with Crippen LogP contribution in [0.1, 0.15) is 47.8 Å². The highest BCUT2D eigenvalue weighted by molar-refractivity contribution is 5.92. The first-order valence-corrected chi connectivity index (χ1v) is 11.6. The lowest BCUT2D eigenvalue weighted by atomic mass is 9.92. The van der Waals surface area contributed by atoms with Crippen molar-refractivity contribution < 1.29 is 19.0 Å². The van der Waals surface area contributed by atoms with E-state index in [-0.39, 0.29) is 29.6 Å². The standard InChI is InChI=1S/C23H29N7O4/c1-24-22(31)16-12-18(27-23(26-16)34-13-15-4-3-11-33-15)30-9-6-14(7-10-30)20-19-17(32-2)5-8-25-21(19)29-28-20/h5,8,12,14-15H,3-4,6-7,9-11,13H2,1-2H3,(H,24,31)(H,25,28,29). The average molecular weight is 468 g/mol. The molecule has 3 aromatic rings. The molecular weight excluding hydrogens is 438 g/mol. The highest BCUT2D eigenvalue weighted by Crippen LogP contribution is 2.36. The van der Waals surface area contributed by atoms with E-state index in [0.717, 1.165) is 62.2 Å². The Balaban J connectivity index is 1.32. The van der Waals surface area contributed by atoms with Crippen molar-refractivity contribution in [3.63, 3.8) is 0 Å². The highest BCUT2D eigenvalue weighted by atomic mass is 16.5. The van der Waals surface area contributed by atoms with E-state index in [4.69, 9.17) is 14.2 Å². The van der Waals surface area contributed by atoms with Gasteiger partial charge in [0, 0.05) is 44.9 Å². The summed E-state index contributed by atoms with van der Waals surface area (Å²) in [6.07, 6.45) is 5.51. The Bertz CT molecular complexity index is 1150. The molecule has 5 heterocycles. The normalized spacial score (nSPS) is 18.9. The van der Waals surface area contributed by atoms with Gasteiger partial charge in [-0.05, 0) is 31.7 Å². The minimum Gasteiger partial charge on any atom is -0.496 e. The molecule has 2 aliphatic rings. The van der Waals surface area contributed by atoms with E-state index in [1.54, 1.807) is 26.4 Å². The van der Waals surface area contributed by atoms with Crippen LogP contribution in [0.3, 0.4) is 0 Å². The zero-order valence-corrected chi connectivity index (χ0v) is 19.4. The van der Waals surface area contributed by atoms with E-state index in [1.807, 2.05) is 6.07 Å². The third-order valence-electron chi connectivity index (χ3n) is 6.47. The van der Waals surface area contributed by atoms with Crippen LogP contribution in [0.25, 0.3) is 11.0 Å². The molecule has 180 valence electrons. The van der Waals surface area contributed by atoms with Gasteiger partial charge in [0.1, 0.15) is 23.9 Å². The first-order valence-electron chi connectivity index (χ1n) is 11.6. The molecule has 0 aliphatic carbocycles. The molecule has 1 atom stereocenters. The molecule has 11 heteroatoms. The Morgan fingerprint density at radius 1 is 1.29 bits per heavy atom. The molecule has 0 aromatic carbocycles. The minimum absolute atomic E-state index is 0.0437. The van der Waals surface area contributed by atoms with Gasteiger partial charge in [0.15, 0.2) is 5.65 Å². The number of pyridine rings is 1. The summed E-state index contributed by atoms with van der Waals surface area (Å²) >= 11 is 0. The number of rotatable bonds is 7. The predicted molar refractivity (Wildman–Crippen MR) is 125 cm³/mol. The van der Waals surface area contributed by atoms with Crippen molar-refractivity contribution in [2.75, 3.05) is 45.4 Å². The summed E-state index contributed by atoms with van der Waals surface area (Å²) in [6, 6.07) is 3.77. The van der Waals surface area contributed by atoms with Gasteiger partial charge in [-0.3, -0.25) is 9.89 Å². The summed E-state index contributed by atoms with van der Waals surface area (Å²) in [4.78, 5) is 27.7. The molecule has 2 aliphatic heterocycles. The number of hydrogen-bond acceptors (Lipinski definition) is 9. The van der Waals surface area contributed by atoms with Gasteiger partial charge in [-0.2, -0.15) is 15.1 Å². The second-order valence-electron chi connectivity index (χ2n) is 8.53. The van der Waals surface area contributed by atoms with E-state index in [0.29, 0.717) is 18.1 Å². The maximum Gasteiger partial charge on any atom is 0.319 e. The zero-order valence-electron chi connectivity index (χ0n) is 19.4. The largest absolute Gasteiger partial charge is 0.496 e. The molecular formula is C23H29N7O4. The smallest absolute Gasteiger partial charge is 0.319 e. The number of nitrogens with zero attached hydrogens (tertiary/aromatic N) is 5. The van der Waals surface area contributed by atoms with E-state index in [9.17, 15) is 4.79 Å². The summed E-state index contributed by atoms with van der Waals surface area (Å²) in [5.41, 5.74) is 2.00. The summed E-state index contributed by atoms with van der Waals surface area (Å²) < 4.78 is 17.0. The fourth-order valence-electron chi connectivity index (χ4n) is 4.63. The molecule has 0 radical (unpaired) electrons. The molecule has 0 saturated carbocycles. The second-order valence-corrected chi connectivity index (χ2v) is 8.53. The van der Waals surface area contributed by atoms with Crippen molar-refractivity contribution in [1.82, 2.24) is 30.5 Å². The number of amides is 1. The van der Waals surface area contributed by atoms with E-state index in [1.165, 1.54) is 0 Å². The maximum atomic E-state index is 12.3. The van der Waals surface area contributed by atoms with Crippen LogP contribution in [-0.2, 0) is 4.74 Å². The lowest BCUT2D eigenvalue weighted by Gasteiger charge is -2.32. The number of carbonyl (C=O) groups excluding carboxylic acids is 1. The number of fused-ring (bicyclic) bond motifs is 1. The molecule has 2 saturated heterocycles. The van der Waals surface area contributed by atoms with Gasteiger partial charge in [-0.15, -0.1) is 0 Å². The van der Waals surface area contributed by atoms with Gasteiger partial charge in [-0.25, -0.2) is 4.98 Å². The fourth-order valence-corrected chi connectivity index (χ4v) is 4.63. The summed E-state index contributed by atoms with van der Waals surface area (Å²) in [5.74, 6) is 1.47. The minimum atomic E-state index is -0.274. The third kappa shape index (κ3) is 4.47. The zero-order chi connectivity index (χ0) is 23.5. The monoisotopic (exact) mass is 467 g/mol. The van der Waals surface area contributed by atoms with Gasteiger partial charge in [0.05, 0.1) is 24.3 Å². The molecule has 1 amide bonds. The Morgan fingerprint density at radius 2 is 2.15 bits per heavy atom. The van der Waals surface area contributed by atoms with Crippen molar-refractivity contribution in [3.8, 4) is 11.8 Å². The number of aromatic amines is 1. The van der Waals surface area contributed by atoms with Crippen LogP contribution < -0.4 is 19.7 Å². The molecule has 11 nitrogen and oxygen atoms in total. The highest BCUT2D eigenvalue weighted by Gasteiger charge is 2.27. The number of aromatic nitrogens is 5. The van der Waals surface area contributed by atoms with Gasteiger partial charge < -0.3 is 24.4 Å². The Hall–Kier alpha value is -3.47. The fraction of sp³-hybridized carbons (Fsp3) is 0.522. The molecule has 0 bridgehead atoms. The number of carbonyl (C=O) groups is 1. The SMILES string of the molecule is CNC(=O)c1cc(N2CCC(c3[nH]nc4nccc(OC)c34)CC2)nc(OCC2CCCO2)n1. The summed E-state index contributed by atoms with van der Waals surface area (Å²) in [6.45, 7) is 2.66. The van der Waals surface area contributed by atoms with Crippen molar-refractivity contribution in [3.05, 3.63) is 29.7 Å². The van der Waals surface area contributed by atoms with Crippen LogP contribution in [0.5, 0.6) is 11.8 Å². The van der Waals surface area contributed by atoms with E-state index >= 15 is 0 Å². The van der Waals surface area contributed by atoms with Gasteiger partial charge in [0.25, 0.3) is 5.91 Å². The van der Waals surface area contributed by atoms with Crippen molar-refractivity contribution in [2.45, 2.75) is 37.7 Å². The lowest BCUT2D eigenvalue weighted by molar-refractivity contribution is 0.0644. The number of nitrogens with one attached hydrogen (secondary N) is 2. The number of anilines is 1. The van der Waals surface area contributed by atoms with Crippen LogP contribution in [0.2, 0.25) is 0 Å². The molecule has 2 fully saturated rings. The quantitative estimate of drug-likeness (QED) is 0.537. The third-order valence-corrected chi connectivity index (χ3v) is 6.47. The van der Waals surface area contributed by atoms with Crippen molar-refractivity contribution in [1.29, 1.82) is 0 Å². The van der Waals surface area contributed by atoms with Crippen LogP contribution in [0.4, 0.5) is 5.82 Å². The molecule has 34 heavy (non-hydrogen) atoms. The predicted octanol–water partition coefficient (Wildman–Crippen LogP) is 2.06. The average Bonchev–Trinajstić information content (AvgIpc) is 3.57. The van der Waals surface area contributed by atoms with E-state index in [2.05, 4.69) is 35.4 Å². The Labute approximate surface area is 197 Å². The molecule has 1 unspecified atom stereocenters. The Morgan fingerprint density at radius 3 is 2.88 bits per heavy atom. The molecule has 3 aromatic heterocycles. The lowest BCUT2D eigenvalue weighted by Crippen LogP contribution is -2.34. The van der Waals surface area contributed by atoms with Crippen molar-refractivity contribution in [2.24, 2.45) is 0 Å². The summed E-state index contributed by atoms with van der Waals surface area (Å²) in [5, 5.41) is 11.1. The van der Waals surface area contributed by atoms with E-state index < -0.39 is 0 Å². The Kier molecular flexibility index (Phi) is 6.43. The number of H-pyrrole nitrogens is 1. The van der Waals surface area contributed by atoms with Crippen LogP contribution in [0.15, 0.2) is 18.3 Å². The number of methoxy groups -OCH3 is 1. The van der Waals surface area contributed by atoms with Crippen LogP contribution in [-0.4, -0.2) is 77.6 Å². The maximum absolute atomic E-state index is 12.3. The summed E-state index contributed by atoms with van der Waals surface area (Å²) in [7, 11) is 3.24. The number of hydrogen-bond donors (Lipinski definition) is 2. The number of ether oxygens (including phenoxy) is 3. The first-order chi connectivity index (χ1) is 16.7. The van der Waals surface area contributed by atoms with Gasteiger partial charge in [-0.1, -0.05) is 0 Å². The molecule has 2 N–H and O–H groups in total. The van der Waals surface area contributed by atoms with Crippen molar-refractivity contribution >= 4 is 22.8 Å². The topological polar surface area (TPSA) is 127 Å². The molecule has 5 rings (SSSR count). The second kappa shape index (κ2) is 9.80. The first kappa shape index (κ1) is 22.3. The van der Waals surface area contributed by atoms with Crippen LogP contribution >= 0.6 is 0 Å². The van der Waals surface area contributed by atoms with Gasteiger partial charge >= 0.3 is 6.01 Å². The van der Waals surface area contributed by atoms with Crippen LogP contribution in [0, 0.1) is 0 Å².